The van der Waals surface area contributed by atoms with E-state index in [0.717, 1.165) is 56.8 Å². The van der Waals surface area contributed by atoms with Gasteiger partial charge in [-0.25, -0.2) is 0 Å². The Labute approximate surface area is 132 Å². The van der Waals surface area contributed by atoms with Gasteiger partial charge in [0.2, 0.25) is 5.91 Å². The first kappa shape index (κ1) is 15.1. The van der Waals surface area contributed by atoms with Gasteiger partial charge in [0.15, 0.2) is 0 Å². The van der Waals surface area contributed by atoms with E-state index in [1.165, 1.54) is 5.69 Å². The number of hydrogen-bond donors (Lipinski definition) is 1. The monoisotopic (exact) mass is 300 g/mol. The highest BCUT2D eigenvalue weighted by atomic mass is 16.5. The van der Waals surface area contributed by atoms with Crippen LogP contribution in [0.25, 0.3) is 0 Å². The largest absolute Gasteiger partial charge is 0.378 e. The molecule has 4 heteroatoms. The standard InChI is InChI=1S/C18H24N2O2/c1-14-13-16(20-9-11-22-12-10-20)7-8-17(14)19-18(21)15-5-3-2-4-6-15/h2-3,7-8,13,15H,4-6,9-12H2,1H3,(H,19,21)/t15-/m0/s1. The van der Waals surface area contributed by atoms with Crippen LogP contribution in [-0.4, -0.2) is 32.2 Å². The molecule has 0 unspecified atom stereocenters. The number of anilines is 2. The molecular weight excluding hydrogens is 276 g/mol. The predicted molar refractivity (Wildman–Crippen MR) is 89.3 cm³/mol. The third-order valence-corrected chi connectivity index (χ3v) is 4.48. The lowest BCUT2D eigenvalue weighted by Crippen LogP contribution is -2.36. The molecule has 1 heterocycles. The highest BCUT2D eigenvalue weighted by Crippen LogP contribution is 2.25. The Morgan fingerprint density at radius 1 is 1.27 bits per heavy atom. The quantitative estimate of drug-likeness (QED) is 0.872. The second-order valence-electron chi connectivity index (χ2n) is 6.07. The molecule has 1 aliphatic heterocycles. The highest BCUT2D eigenvalue weighted by Gasteiger charge is 2.19. The summed E-state index contributed by atoms with van der Waals surface area (Å²) in [7, 11) is 0. The number of rotatable bonds is 3. The topological polar surface area (TPSA) is 41.6 Å². The zero-order chi connectivity index (χ0) is 15.4. The lowest BCUT2D eigenvalue weighted by Gasteiger charge is -2.29. The third kappa shape index (κ3) is 3.50. The average Bonchev–Trinajstić information content (AvgIpc) is 2.58. The Hall–Kier alpha value is -1.81. The van der Waals surface area contributed by atoms with Crippen LogP contribution in [0.4, 0.5) is 11.4 Å². The fourth-order valence-electron chi connectivity index (χ4n) is 3.07. The van der Waals surface area contributed by atoms with Gasteiger partial charge in [0.05, 0.1) is 13.2 Å². The van der Waals surface area contributed by atoms with Crippen molar-refractivity contribution in [2.24, 2.45) is 5.92 Å². The first-order valence-electron chi connectivity index (χ1n) is 8.13. The number of carbonyl (C=O) groups excluding carboxylic acids is 1. The molecule has 1 fully saturated rings. The average molecular weight is 300 g/mol. The molecule has 1 saturated heterocycles. The Bertz CT molecular complexity index is 562. The van der Waals surface area contributed by atoms with Crippen molar-refractivity contribution in [3.8, 4) is 0 Å². The number of amides is 1. The van der Waals surface area contributed by atoms with Crippen molar-refractivity contribution in [1.29, 1.82) is 0 Å². The zero-order valence-corrected chi connectivity index (χ0v) is 13.2. The number of nitrogens with zero attached hydrogens (tertiary/aromatic N) is 1. The summed E-state index contributed by atoms with van der Waals surface area (Å²) in [6, 6.07) is 6.27. The summed E-state index contributed by atoms with van der Waals surface area (Å²) in [4.78, 5) is 14.7. The van der Waals surface area contributed by atoms with Crippen LogP contribution in [0.5, 0.6) is 0 Å². The molecule has 118 valence electrons. The third-order valence-electron chi connectivity index (χ3n) is 4.48. The molecule has 0 bridgehead atoms. The van der Waals surface area contributed by atoms with Crippen molar-refractivity contribution in [2.75, 3.05) is 36.5 Å². The molecule has 1 amide bonds. The summed E-state index contributed by atoms with van der Waals surface area (Å²) >= 11 is 0. The van der Waals surface area contributed by atoms with Gasteiger partial charge in [0.1, 0.15) is 0 Å². The Kier molecular flexibility index (Phi) is 4.78. The van der Waals surface area contributed by atoms with Crippen LogP contribution in [0.15, 0.2) is 30.4 Å². The maximum absolute atomic E-state index is 12.3. The maximum atomic E-state index is 12.3. The second kappa shape index (κ2) is 6.97. The van der Waals surface area contributed by atoms with Gasteiger partial charge >= 0.3 is 0 Å². The van der Waals surface area contributed by atoms with E-state index < -0.39 is 0 Å². The van der Waals surface area contributed by atoms with E-state index >= 15 is 0 Å². The van der Waals surface area contributed by atoms with Crippen molar-refractivity contribution in [3.63, 3.8) is 0 Å². The van der Waals surface area contributed by atoms with Crippen LogP contribution in [0.1, 0.15) is 24.8 Å². The molecule has 22 heavy (non-hydrogen) atoms. The molecule has 1 N–H and O–H groups in total. The van der Waals surface area contributed by atoms with E-state index in [1.54, 1.807) is 0 Å². The number of hydrogen-bond acceptors (Lipinski definition) is 3. The zero-order valence-electron chi connectivity index (χ0n) is 13.2. The van der Waals surface area contributed by atoms with Crippen LogP contribution in [0, 0.1) is 12.8 Å². The van der Waals surface area contributed by atoms with Crippen LogP contribution >= 0.6 is 0 Å². The van der Waals surface area contributed by atoms with Crippen molar-refractivity contribution in [1.82, 2.24) is 0 Å². The van der Waals surface area contributed by atoms with Crippen molar-refractivity contribution >= 4 is 17.3 Å². The van der Waals surface area contributed by atoms with Crippen molar-refractivity contribution in [2.45, 2.75) is 26.2 Å². The van der Waals surface area contributed by atoms with Gasteiger partial charge < -0.3 is 15.0 Å². The molecule has 0 radical (unpaired) electrons. The number of allylic oxidation sites excluding steroid dienone is 2. The molecule has 1 aliphatic carbocycles. The number of morpholine rings is 1. The van der Waals surface area contributed by atoms with Gasteiger partial charge in [0.25, 0.3) is 0 Å². The van der Waals surface area contributed by atoms with E-state index in [0.29, 0.717) is 0 Å². The molecular formula is C18H24N2O2. The second-order valence-corrected chi connectivity index (χ2v) is 6.07. The van der Waals surface area contributed by atoms with E-state index in [9.17, 15) is 4.79 Å². The first-order chi connectivity index (χ1) is 10.7. The number of nitrogens with one attached hydrogen (secondary N) is 1. The molecule has 1 atom stereocenters. The van der Waals surface area contributed by atoms with Crippen LogP contribution in [0.2, 0.25) is 0 Å². The van der Waals surface area contributed by atoms with E-state index in [-0.39, 0.29) is 11.8 Å². The number of aryl methyl sites for hydroxylation is 1. The Morgan fingerprint density at radius 2 is 2.09 bits per heavy atom. The summed E-state index contributed by atoms with van der Waals surface area (Å²) in [6.07, 6.45) is 7.09. The first-order valence-corrected chi connectivity index (χ1v) is 8.13. The molecule has 2 aliphatic rings. The van der Waals surface area contributed by atoms with Gasteiger partial charge in [-0.15, -0.1) is 0 Å². The summed E-state index contributed by atoms with van der Waals surface area (Å²) in [5, 5.41) is 3.09. The summed E-state index contributed by atoms with van der Waals surface area (Å²) in [6.45, 7) is 5.49. The van der Waals surface area contributed by atoms with Crippen LogP contribution in [0.3, 0.4) is 0 Å². The number of benzene rings is 1. The Balaban J connectivity index is 1.66. The minimum atomic E-state index is 0.114. The van der Waals surface area contributed by atoms with Gasteiger partial charge in [-0.1, -0.05) is 12.2 Å². The SMILES string of the molecule is Cc1cc(N2CCOCC2)ccc1NC(=O)[C@H]1CC=CCC1. The molecule has 0 spiro atoms. The van der Waals surface area contributed by atoms with Gasteiger partial charge in [0, 0.05) is 30.4 Å². The highest BCUT2D eigenvalue weighted by molar-refractivity contribution is 5.93. The minimum Gasteiger partial charge on any atom is -0.378 e. The Morgan fingerprint density at radius 3 is 2.77 bits per heavy atom. The molecule has 0 saturated carbocycles. The minimum absolute atomic E-state index is 0.114. The van der Waals surface area contributed by atoms with E-state index in [1.807, 2.05) is 6.07 Å². The predicted octanol–water partition coefficient (Wildman–Crippen LogP) is 3.13. The smallest absolute Gasteiger partial charge is 0.227 e. The van der Waals surface area contributed by atoms with E-state index in [2.05, 4.69) is 41.4 Å². The maximum Gasteiger partial charge on any atom is 0.227 e. The van der Waals surface area contributed by atoms with Crippen molar-refractivity contribution in [3.05, 3.63) is 35.9 Å². The van der Waals surface area contributed by atoms with E-state index in [4.69, 9.17) is 4.74 Å². The summed E-state index contributed by atoms with van der Waals surface area (Å²) in [5.74, 6) is 0.259. The fraction of sp³-hybridized carbons (Fsp3) is 0.500. The summed E-state index contributed by atoms with van der Waals surface area (Å²) in [5.41, 5.74) is 3.25. The molecule has 0 aromatic heterocycles. The van der Waals surface area contributed by atoms with Gasteiger partial charge in [-0.3, -0.25) is 4.79 Å². The lowest BCUT2D eigenvalue weighted by atomic mass is 9.93. The lowest BCUT2D eigenvalue weighted by molar-refractivity contribution is -0.120. The van der Waals surface area contributed by atoms with Gasteiger partial charge in [-0.2, -0.15) is 0 Å². The summed E-state index contributed by atoms with van der Waals surface area (Å²) < 4.78 is 5.39. The van der Waals surface area contributed by atoms with Crippen LogP contribution < -0.4 is 10.2 Å². The molecule has 1 aromatic rings. The molecule has 1 aromatic carbocycles. The molecule has 3 rings (SSSR count). The molecule has 4 nitrogen and oxygen atoms in total. The number of ether oxygens (including phenoxy) is 1. The fourth-order valence-corrected chi connectivity index (χ4v) is 3.07. The normalized spacial score (nSPS) is 21.7. The van der Waals surface area contributed by atoms with Crippen molar-refractivity contribution < 1.29 is 9.53 Å². The number of carbonyl (C=O) groups is 1. The van der Waals surface area contributed by atoms with Crippen LogP contribution in [-0.2, 0) is 9.53 Å². The van der Waals surface area contributed by atoms with Gasteiger partial charge in [-0.05, 0) is 49.9 Å².